The molecule has 1 aliphatic heterocycles. The van der Waals surface area contributed by atoms with Gasteiger partial charge in [-0.2, -0.15) is 0 Å². The van der Waals surface area contributed by atoms with Crippen molar-refractivity contribution in [3.63, 3.8) is 0 Å². The first kappa shape index (κ1) is 8.37. The van der Waals surface area contributed by atoms with E-state index >= 15 is 0 Å². The lowest BCUT2D eigenvalue weighted by Crippen LogP contribution is -2.56. The fraction of sp³-hybridized carbons (Fsp3) is 1.00. The number of rotatable bonds is 2. The first-order valence-electron chi connectivity index (χ1n) is 3.77. The Morgan fingerprint density at radius 1 is 1.50 bits per heavy atom. The lowest BCUT2D eigenvalue weighted by atomic mass is 10.1. The van der Waals surface area contributed by atoms with Gasteiger partial charge in [0, 0.05) is 25.2 Å². The molecule has 1 saturated heterocycles. The second-order valence-electron chi connectivity index (χ2n) is 3.35. The number of hydrogen-bond donors (Lipinski definition) is 1. The maximum atomic E-state index is 4.40. The third-order valence-corrected chi connectivity index (χ3v) is 2.74. The van der Waals surface area contributed by atoms with Crippen LogP contribution in [0.3, 0.4) is 0 Å². The molecule has 0 N–H and O–H groups in total. The molecule has 0 aromatic heterocycles. The van der Waals surface area contributed by atoms with Gasteiger partial charge in [0.05, 0.1) is 0 Å². The molecule has 10 heavy (non-hydrogen) atoms. The highest BCUT2D eigenvalue weighted by Crippen LogP contribution is 2.16. The van der Waals surface area contributed by atoms with Gasteiger partial charge in [-0.3, -0.25) is 0 Å². The molecular weight excluding hydrogens is 144 g/mol. The van der Waals surface area contributed by atoms with Crippen LogP contribution >= 0.6 is 12.8 Å². The summed E-state index contributed by atoms with van der Waals surface area (Å²) < 4.78 is 2.14. The van der Waals surface area contributed by atoms with Crippen LogP contribution in [-0.4, -0.2) is 41.4 Å². The Morgan fingerprint density at radius 3 is 2.30 bits per heavy atom. The summed E-state index contributed by atoms with van der Waals surface area (Å²) in [6, 6.07) is 1.23. The minimum Gasteiger partial charge on any atom is -0.303 e. The molecule has 3 heteroatoms. The zero-order chi connectivity index (χ0) is 7.72. The Bertz CT molecular complexity index is 110. The molecule has 60 valence electrons. The van der Waals surface area contributed by atoms with Crippen LogP contribution < -0.4 is 0 Å². The van der Waals surface area contributed by atoms with Crippen LogP contribution in [0.2, 0.25) is 0 Å². The molecule has 0 spiro atoms. The van der Waals surface area contributed by atoms with E-state index in [1.54, 1.807) is 0 Å². The molecule has 0 amide bonds. The van der Waals surface area contributed by atoms with Crippen molar-refractivity contribution in [3.05, 3.63) is 0 Å². The van der Waals surface area contributed by atoms with Crippen LogP contribution in [0.5, 0.6) is 0 Å². The normalized spacial score (nSPS) is 22.2. The number of nitrogens with zero attached hydrogens (tertiary/aromatic N) is 2. The van der Waals surface area contributed by atoms with Crippen molar-refractivity contribution in [2.75, 3.05) is 20.1 Å². The summed E-state index contributed by atoms with van der Waals surface area (Å²) in [6.45, 7) is 6.68. The largest absolute Gasteiger partial charge is 0.303 e. The molecule has 1 rings (SSSR count). The van der Waals surface area contributed by atoms with Gasteiger partial charge in [-0.1, -0.05) is 12.8 Å². The van der Waals surface area contributed by atoms with E-state index in [1.807, 2.05) is 0 Å². The van der Waals surface area contributed by atoms with Gasteiger partial charge in [-0.05, 0) is 20.9 Å². The van der Waals surface area contributed by atoms with Gasteiger partial charge in [0.15, 0.2) is 0 Å². The Hall–Kier alpha value is 0.270. The van der Waals surface area contributed by atoms with Crippen molar-refractivity contribution in [3.8, 4) is 0 Å². The standard InChI is InChI=1S/C7H16N2S/c1-6(2)9(10)7-4-8(3)5-7/h6-7,10H,4-5H2,1-3H3. The van der Waals surface area contributed by atoms with E-state index in [4.69, 9.17) is 0 Å². The summed E-state index contributed by atoms with van der Waals surface area (Å²) in [6.07, 6.45) is 0. The third-order valence-electron chi connectivity index (χ3n) is 1.95. The van der Waals surface area contributed by atoms with Crippen molar-refractivity contribution in [2.45, 2.75) is 25.9 Å². The van der Waals surface area contributed by atoms with Gasteiger partial charge < -0.3 is 4.90 Å². The average Bonchev–Trinajstić information content (AvgIpc) is 1.79. The van der Waals surface area contributed by atoms with Crippen molar-refractivity contribution >= 4 is 12.8 Å². The Morgan fingerprint density at radius 2 is 2.00 bits per heavy atom. The van der Waals surface area contributed by atoms with Crippen molar-refractivity contribution in [1.29, 1.82) is 0 Å². The fourth-order valence-corrected chi connectivity index (χ4v) is 1.40. The second kappa shape index (κ2) is 3.11. The van der Waals surface area contributed by atoms with Crippen LogP contribution in [0.15, 0.2) is 0 Å². The van der Waals surface area contributed by atoms with E-state index in [-0.39, 0.29) is 0 Å². The summed E-state index contributed by atoms with van der Waals surface area (Å²) in [5.74, 6) is 0. The molecule has 0 atom stereocenters. The summed E-state index contributed by atoms with van der Waals surface area (Å²) in [5, 5.41) is 0. The predicted molar refractivity (Wildman–Crippen MR) is 47.2 cm³/mol. The summed E-state index contributed by atoms with van der Waals surface area (Å²) in [5.41, 5.74) is 0. The van der Waals surface area contributed by atoms with Crippen molar-refractivity contribution < 1.29 is 0 Å². The average molecular weight is 160 g/mol. The van der Waals surface area contributed by atoms with Gasteiger partial charge in [-0.25, -0.2) is 4.31 Å². The molecule has 1 fully saturated rings. The minimum atomic E-state index is 0.557. The molecule has 0 aromatic carbocycles. The molecule has 1 aliphatic rings. The summed E-state index contributed by atoms with van der Waals surface area (Å²) >= 11 is 4.40. The monoisotopic (exact) mass is 160 g/mol. The fourth-order valence-electron chi connectivity index (χ4n) is 1.26. The number of likely N-dealkylation sites (tertiary alicyclic amines) is 1. The molecule has 0 radical (unpaired) electrons. The van der Waals surface area contributed by atoms with Gasteiger partial charge >= 0.3 is 0 Å². The SMILES string of the molecule is CC(C)N(S)C1CN(C)C1. The molecule has 0 saturated carbocycles. The van der Waals surface area contributed by atoms with Crippen LogP contribution in [0.25, 0.3) is 0 Å². The highest BCUT2D eigenvalue weighted by molar-refractivity contribution is 7.77. The highest BCUT2D eigenvalue weighted by Gasteiger charge is 2.28. The second-order valence-corrected chi connectivity index (χ2v) is 3.81. The third kappa shape index (κ3) is 1.65. The maximum Gasteiger partial charge on any atom is 0.0457 e. The zero-order valence-corrected chi connectivity index (χ0v) is 7.80. The molecule has 1 heterocycles. The number of likely N-dealkylation sites (N-methyl/N-ethyl adjacent to an activating group) is 1. The van der Waals surface area contributed by atoms with Gasteiger partial charge in [0.1, 0.15) is 0 Å². The van der Waals surface area contributed by atoms with E-state index in [0.717, 1.165) is 0 Å². The smallest absolute Gasteiger partial charge is 0.0457 e. The van der Waals surface area contributed by atoms with E-state index < -0.39 is 0 Å². The number of thiol groups is 1. The Kier molecular flexibility index (Phi) is 2.61. The van der Waals surface area contributed by atoms with Gasteiger partial charge in [0.25, 0.3) is 0 Å². The van der Waals surface area contributed by atoms with Gasteiger partial charge in [-0.15, -0.1) is 0 Å². The van der Waals surface area contributed by atoms with Crippen molar-refractivity contribution in [1.82, 2.24) is 9.21 Å². The predicted octanol–water partition coefficient (Wildman–Crippen LogP) is 0.856. The first-order chi connectivity index (χ1) is 4.61. The molecule has 0 unspecified atom stereocenters. The zero-order valence-electron chi connectivity index (χ0n) is 6.91. The Labute approximate surface area is 68.7 Å². The highest BCUT2D eigenvalue weighted by atomic mass is 32.1. The van der Waals surface area contributed by atoms with Crippen LogP contribution in [0.1, 0.15) is 13.8 Å². The first-order valence-corrected chi connectivity index (χ1v) is 4.17. The van der Waals surface area contributed by atoms with E-state index in [1.165, 1.54) is 13.1 Å². The topological polar surface area (TPSA) is 6.48 Å². The summed E-state index contributed by atoms with van der Waals surface area (Å²) in [4.78, 5) is 2.30. The molecular formula is C7H16N2S. The lowest BCUT2D eigenvalue weighted by molar-refractivity contribution is 0.0995. The van der Waals surface area contributed by atoms with E-state index in [9.17, 15) is 0 Å². The Balaban J connectivity index is 2.24. The number of hydrogen-bond acceptors (Lipinski definition) is 3. The quantitative estimate of drug-likeness (QED) is 0.598. The molecule has 2 nitrogen and oxygen atoms in total. The molecule has 0 bridgehead atoms. The molecule has 0 aromatic rings. The minimum absolute atomic E-state index is 0.557. The van der Waals surface area contributed by atoms with E-state index in [0.29, 0.717) is 12.1 Å². The van der Waals surface area contributed by atoms with E-state index in [2.05, 4.69) is 42.9 Å². The van der Waals surface area contributed by atoms with Crippen LogP contribution in [0, 0.1) is 0 Å². The maximum absolute atomic E-state index is 4.40. The summed E-state index contributed by atoms with van der Waals surface area (Å²) in [7, 11) is 2.14. The van der Waals surface area contributed by atoms with Crippen LogP contribution in [-0.2, 0) is 0 Å². The molecule has 0 aliphatic carbocycles. The van der Waals surface area contributed by atoms with Crippen LogP contribution in [0.4, 0.5) is 0 Å². The lowest BCUT2D eigenvalue weighted by Gasteiger charge is -2.42. The van der Waals surface area contributed by atoms with Gasteiger partial charge in [0.2, 0.25) is 0 Å². The van der Waals surface area contributed by atoms with Crippen molar-refractivity contribution in [2.24, 2.45) is 0 Å².